The van der Waals surface area contributed by atoms with Crippen molar-refractivity contribution >= 4 is 11.3 Å². The highest BCUT2D eigenvalue weighted by Crippen LogP contribution is 2.37. The summed E-state index contributed by atoms with van der Waals surface area (Å²) in [5.74, 6) is -0.819. The number of hydrogen-bond donors (Lipinski definition) is 1. The topological polar surface area (TPSA) is 53.7 Å². The number of alkyl halides is 3. The van der Waals surface area contributed by atoms with E-state index < -0.39 is 23.1 Å². The number of aryl methyl sites for hydroxylation is 3. The van der Waals surface area contributed by atoms with Crippen molar-refractivity contribution in [3.63, 3.8) is 0 Å². The quantitative estimate of drug-likeness (QED) is 0.532. The van der Waals surface area contributed by atoms with Gasteiger partial charge in [0.1, 0.15) is 5.75 Å². The Bertz CT molecular complexity index is 869. The molecule has 0 spiro atoms. The summed E-state index contributed by atoms with van der Waals surface area (Å²) in [6.07, 6.45) is -2.19. The summed E-state index contributed by atoms with van der Waals surface area (Å²) >= 11 is 1.70. The van der Waals surface area contributed by atoms with E-state index in [-0.39, 0.29) is 12.4 Å². The Morgan fingerprint density at radius 2 is 1.81 bits per heavy atom. The fourth-order valence-electron chi connectivity index (χ4n) is 3.38. The lowest BCUT2D eigenvalue weighted by atomic mass is 9.92. The van der Waals surface area contributed by atoms with Crippen LogP contribution >= 0.6 is 11.3 Å². The zero-order valence-corrected chi connectivity index (χ0v) is 19.0. The molecule has 1 fully saturated rings. The molecule has 1 saturated heterocycles. The molecule has 2 heterocycles. The molecule has 0 bridgehead atoms. The molecule has 3 rings (SSSR count). The lowest BCUT2D eigenvalue weighted by molar-refractivity contribution is -0.267. The minimum Gasteiger partial charge on any atom is -0.493 e. The van der Waals surface area contributed by atoms with Crippen LogP contribution in [0.3, 0.4) is 0 Å². The first-order valence-corrected chi connectivity index (χ1v) is 11.2. The highest BCUT2D eigenvalue weighted by Gasteiger charge is 2.38. The highest BCUT2D eigenvalue weighted by molar-refractivity contribution is 7.11. The van der Waals surface area contributed by atoms with Crippen LogP contribution in [0.5, 0.6) is 5.75 Å². The first-order chi connectivity index (χ1) is 14.5. The lowest BCUT2D eigenvalue weighted by Gasteiger charge is -2.41. The Balaban J connectivity index is 1.59. The Morgan fingerprint density at radius 1 is 1.10 bits per heavy atom. The van der Waals surface area contributed by atoms with E-state index in [4.69, 9.17) is 19.9 Å². The van der Waals surface area contributed by atoms with Crippen molar-refractivity contribution in [3.8, 4) is 5.75 Å². The van der Waals surface area contributed by atoms with Gasteiger partial charge in [-0.1, -0.05) is 6.07 Å². The molecule has 2 aromatic rings. The molecule has 0 saturated carbocycles. The van der Waals surface area contributed by atoms with Gasteiger partial charge in [-0.05, 0) is 76.3 Å². The minimum absolute atomic E-state index is 0.132. The molecule has 0 radical (unpaired) electrons. The molecule has 1 aliphatic heterocycles. The molecule has 1 aliphatic rings. The van der Waals surface area contributed by atoms with Gasteiger partial charge in [0, 0.05) is 9.75 Å². The van der Waals surface area contributed by atoms with Gasteiger partial charge in [-0.15, -0.1) is 11.3 Å². The largest absolute Gasteiger partial charge is 0.493 e. The summed E-state index contributed by atoms with van der Waals surface area (Å²) in [7, 11) is 0. The molecule has 8 heteroatoms. The number of nitrogens with two attached hydrogens (primary N) is 1. The molecular formula is C23H30F3NO3S. The lowest BCUT2D eigenvalue weighted by Crippen LogP contribution is -2.57. The molecule has 172 valence electrons. The second-order valence-corrected chi connectivity index (χ2v) is 10.0. The van der Waals surface area contributed by atoms with Crippen LogP contribution in [0.2, 0.25) is 0 Å². The van der Waals surface area contributed by atoms with E-state index in [1.165, 1.54) is 15.8 Å². The maximum absolute atomic E-state index is 13.6. The van der Waals surface area contributed by atoms with Crippen LogP contribution in [0.1, 0.15) is 47.6 Å². The van der Waals surface area contributed by atoms with Gasteiger partial charge < -0.3 is 19.9 Å². The Hall–Kier alpha value is -1.61. The fraction of sp³-hybridized carbons (Fsp3) is 0.565. The molecule has 0 unspecified atom stereocenters. The van der Waals surface area contributed by atoms with E-state index in [2.05, 4.69) is 0 Å². The first-order valence-electron chi connectivity index (χ1n) is 10.4. The molecule has 0 aliphatic carbocycles. The summed E-state index contributed by atoms with van der Waals surface area (Å²) in [6.45, 7) is 6.48. The summed E-state index contributed by atoms with van der Waals surface area (Å²) in [5, 5.41) is 0. The van der Waals surface area contributed by atoms with Gasteiger partial charge in [0.05, 0.1) is 30.9 Å². The first kappa shape index (κ1) is 24.0. The third kappa shape index (κ3) is 6.94. The average molecular weight is 458 g/mol. The van der Waals surface area contributed by atoms with Crippen LogP contribution in [0.15, 0.2) is 30.3 Å². The van der Waals surface area contributed by atoms with E-state index >= 15 is 0 Å². The van der Waals surface area contributed by atoms with Crippen LogP contribution < -0.4 is 10.5 Å². The third-order valence-electron chi connectivity index (χ3n) is 5.30. The summed E-state index contributed by atoms with van der Waals surface area (Å²) in [5.41, 5.74) is 5.41. The smallest absolute Gasteiger partial charge is 0.419 e. The molecule has 0 amide bonds. The van der Waals surface area contributed by atoms with Crippen molar-refractivity contribution in [1.29, 1.82) is 0 Å². The standard InChI is InChI=1S/C23H30F3NO3S/c1-16-6-8-18(31-16)5-4-12-28-20-9-7-17(13-19(20)23(24,25)26)10-11-22(27)14-29-21(2,3)30-15-22/h6-9,13H,4-5,10-12,14-15,27H2,1-3H3. The number of benzene rings is 1. The van der Waals surface area contributed by atoms with E-state index in [0.717, 1.165) is 12.5 Å². The molecular weight excluding hydrogens is 427 g/mol. The Kier molecular flexibility index (Phi) is 7.35. The van der Waals surface area contributed by atoms with E-state index in [9.17, 15) is 13.2 Å². The van der Waals surface area contributed by atoms with Crippen molar-refractivity contribution in [2.75, 3.05) is 19.8 Å². The van der Waals surface area contributed by atoms with E-state index in [0.29, 0.717) is 38.0 Å². The highest BCUT2D eigenvalue weighted by atomic mass is 32.1. The molecule has 1 aromatic carbocycles. The predicted molar refractivity (Wildman–Crippen MR) is 116 cm³/mol. The Morgan fingerprint density at radius 3 is 2.42 bits per heavy atom. The van der Waals surface area contributed by atoms with Gasteiger partial charge in [0.25, 0.3) is 0 Å². The van der Waals surface area contributed by atoms with E-state index in [1.54, 1.807) is 17.4 Å². The molecule has 2 N–H and O–H groups in total. The number of ether oxygens (including phenoxy) is 3. The maximum Gasteiger partial charge on any atom is 0.419 e. The average Bonchev–Trinajstić information content (AvgIpc) is 3.11. The SMILES string of the molecule is Cc1ccc(CCCOc2ccc(CCC3(N)COC(C)(C)OC3)cc2C(F)(F)F)s1. The maximum atomic E-state index is 13.6. The van der Waals surface area contributed by atoms with Gasteiger partial charge in [0.15, 0.2) is 5.79 Å². The van der Waals surface area contributed by atoms with Gasteiger partial charge in [-0.25, -0.2) is 0 Å². The van der Waals surface area contributed by atoms with Crippen molar-refractivity contribution in [2.24, 2.45) is 5.73 Å². The minimum atomic E-state index is -4.49. The summed E-state index contributed by atoms with van der Waals surface area (Å²) < 4.78 is 57.6. The molecule has 31 heavy (non-hydrogen) atoms. The van der Waals surface area contributed by atoms with Crippen molar-refractivity contribution in [1.82, 2.24) is 0 Å². The second kappa shape index (κ2) is 9.48. The normalized spacial score (nSPS) is 18.2. The van der Waals surface area contributed by atoms with Crippen LogP contribution in [0, 0.1) is 6.92 Å². The second-order valence-electron chi connectivity index (χ2n) is 8.63. The summed E-state index contributed by atoms with van der Waals surface area (Å²) in [6, 6.07) is 8.33. The van der Waals surface area contributed by atoms with Crippen LogP contribution in [0.25, 0.3) is 0 Å². The van der Waals surface area contributed by atoms with Gasteiger partial charge in [-0.2, -0.15) is 13.2 Å². The van der Waals surface area contributed by atoms with Gasteiger partial charge in [-0.3, -0.25) is 0 Å². The summed E-state index contributed by atoms with van der Waals surface area (Å²) in [4.78, 5) is 2.43. The van der Waals surface area contributed by atoms with Crippen molar-refractivity contribution < 1.29 is 27.4 Å². The zero-order valence-electron chi connectivity index (χ0n) is 18.2. The number of halogens is 3. The van der Waals surface area contributed by atoms with Crippen LogP contribution in [-0.2, 0) is 28.5 Å². The third-order valence-corrected chi connectivity index (χ3v) is 6.36. The van der Waals surface area contributed by atoms with Gasteiger partial charge >= 0.3 is 6.18 Å². The number of hydrogen-bond acceptors (Lipinski definition) is 5. The monoisotopic (exact) mass is 457 g/mol. The van der Waals surface area contributed by atoms with Gasteiger partial charge in [0.2, 0.25) is 0 Å². The van der Waals surface area contributed by atoms with E-state index in [1.807, 2.05) is 32.9 Å². The predicted octanol–water partition coefficient (Wildman–Crippen LogP) is 5.50. The number of rotatable bonds is 8. The number of thiophene rings is 1. The zero-order chi connectivity index (χ0) is 22.7. The Labute approximate surface area is 185 Å². The van der Waals surface area contributed by atoms with Crippen LogP contribution in [0.4, 0.5) is 13.2 Å². The molecule has 4 nitrogen and oxygen atoms in total. The molecule has 1 aromatic heterocycles. The van der Waals surface area contributed by atoms with Crippen LogP contribution in [-0.4, -0.2) is 31.1 Å². The van der Waals surface area contributed by atoms with Crippen molar-refractivity contribution in [3.05, 3.63) is 51.2 Å². The molecule has 0 atom stereocenters. The fourth-order valence-corrected chi connectivity index (χ4v) is 4.32. The van der Waals surface area contributed by atoms with Crippen molar-refractivity contribution in [2.45, 2.75) is 64.0 Å².